The average molecular weight is 360 g/mol. The number of aryl methyl sites for hydroxylation is 1. The summed E-state index contributed by atoms with van der Waals surface area (Å²) in [6.07, 6.45) is 1.15. The number of aromatic nitrogens is 1. The monoisotopic (exact) mass is 359 g/mol. The van der Waals surface area contributed by atoms with Crippen molar-refractivity contribution < 1.29 is 4.79 Å². The molecule has 3 nitrogen and oxygen atoms in total. The molecule has 0 bridgehead atoms. The first-order valence-corrected chi connectivity index (χ1v) is 8.12. The lowest BCUT2D eigenvalue weighted by molar-refractivity contribution is 0.0907. The van der Waals surface area contributed by atoms with Crippen LogP contribution in [0.5, 0.6) is 0 Å². The van der Waals surface area contributed by atoms with Crippen LogP contribution in [-0.4, -0.2) is 10.4 Å². The van der Waals surface area contributed by atoms with Crippen molar-refractivity contribution in [3.63, 3.8) is 0 Å². The van der Waals surface area contributed by atoms with Gasteiger partial charge in [0.1, 0.15) is 0 Å². The van der Waals surface area contributed by atoms with Crippen molar-refractivity contribution in [1.29, 1.82) is 0 Å². The summed E-state index contributed by atoms with van der Waals surface area (Å²) in [7, 11) is 0. The van der Waals surface area contributed by atoms with E-state index in [1.165, 1.54) is 0 Å². The second-order valence-corrected chi connectivity index (χ2v) is 7.64. The van der Waals surface area contributed by atoms with E-state index in [0.29, 0.717) is 12.0 Å². The summed E-state index contributed by atoms with van der Waals surface area (Å²) >= 11 is 3.44. The molecule has 1 aliphatic rings. The third-order valence-corrected chi connectivity index (χ3v) is 4.68. The minimum Gasteiger partial charge on any atom is -0.317 e. The molecule has 4 heteroatoms. The zero-order valence-electron chi connectivity index (χ0n) is 12.9. The topological polar surface area (TPSA) is 39.1 Å². The van der Waals surface area contributed by atoms with Gasteiger partial charge in [0.25, 0.3) is 0 Å². The molecule has 1 heterocycles. The molecule has 0 radical (unpaired) electrons. The molecular weight excluding hydrogens is 342 g/mol. The van der Waals surface area contributed by atoms with Gasteiger partial charge in [-0.15, -0.1) is 0 Å². The molecule has 0 N–H and O–H groups in total. The Bertz CT molecular complexity index is 816. The lowest BCUT2D eigenvalue weighted by Gasteiger charge is -2.32. The Kier molecular flexibility index (Phi) is 3.60. The van der Waals surface area contributed by atoms with E-state index in [9.17, 15) is 9.59 Å². The highest BCUT2D eigenvalue weighted by molar-refractivity contribution is 9.10. The summed E-state index contributed by atoms with van der Waals surface area (Å²) < 4.78 is 3.04. The predicted molar refractivity (Wildman–Crippen MR) is 90.9 cm³/mol. The van der Waals surface area contributed by atoms with E-state index < -0.39 is 0 Å². The van der Waals surface area contributed by atoms with Crippen molar-refractivity contribution in [2.45, 2.75) is 33.6 Å². The second-order valence-electron chi connectivity index (χ2n) is 6.72. The van der Waals surface area contributed by atoms with Gasteiger partial charge in [-0.25, -0.2) is 0 Å². The van der Waals surface area contributed by atoms with Crippen molar-refractivity contribution in [2.75, 3.05) is 0 Å². The molecule has 22 heavy (non-hydrogen) atoms. The maximum atomic E-state index is 12.5. The first-order valence-electron chi connectivity index (χ1n) is 7.33. The normalized spacial score (nSPS) is 16.5. The molecule has 0 fully saturated rings. The van der Waals surface area contributed by atoms with Crippen LogP contribution in [0.4, 0.5) is 0 Å². The van der Waals surface area contributed by atoms with Gasteiger partial charge in [-0.3, -0.25) is 9.59 Å². The molecule has 114 valence electrons. The largest absolute Gasteiger partial charge is 0.317 e. The molecule has 0 atom stereocenters. The fourth-order valence-electron chi connectivity index (χ4n) is 3.25. The number of carbonyl (C=O) groups is 1. The fourth-order valence-corrected chi connectivity index (χ4v) is 3.51. The summed E-state index contributed by atoms with van der Waals surface area (Å²) in [5, 5.41) is 0. The molecule has 1 aromatic carbocycles. The summed E-state index contributed by atoms with van der Waals surface area (Å²) in [5.41, 5.74) is 2.77. The molecule has 3 rings (SSSR count). The Hall–Kier alpha value is -1.68. The Balaban J connectivity index is 2.32. The van der Waals surface area contributed by atoms with E-state index in [0.717, 1.165) is 28.0 Å². The standard InChI is InChI=1S/C18H18BrNO2/c1-11-8-15(21)17-14(9-18(2,3)10-16(17)22)20(11)13-6-4-12(19)5-7-13/h4-8H,9-10H2,1-3H3. The molecule has 0 saturated carbocycles. The lowest BCUT2D eigenvalue weighted by atomic mass is 9.75. The van der Waals surface area contributed by atoms with Gasteiger partial charge in [0, 0.05) is 34.0 Å². The predicted octanol–water partition coefficient (Wildman–Crippen LogP) is 4.06. The molecular formula is C18H18BrNO2. The number of hydrogen-bond acceptors (Lipinski definition) is 2. The van der Waals surface area contributed by atoms with Gasteiger partial charge in [0.05, 0.1) is 5.56 Å². The maximum absolute atomic E-state index is 12.5. The van der Waals surface area contributed by atoms with Crippen LogP contribution in [0.2, 0.25) is 0 Å². The number of Topliss-reactive ketones (excluding diaryl/α,β-unsaturated/α-hetero) is 1. The third-order valence-electron chi connectivity index (χ3n) is 4.15. The molecule has 0 aliphatic heterocycles. The Morgan fingerprint density at radius 3 is 2.36 bits per heavy atom. The van der Waals surface area contributed by atoms with Crippen molar-refractivity contribution in [3.05, 3.63) is 62.0 Å². The SMILES string of the molecule is Cc1cc(=O)c2c(n1-c1ccc(Br)cc1)CC(C)(C)CC2=O. The maximum Gasteiger partial charge on any atom is 0.192 e. The van der Waals surface area contributed by atoms with E-state index in [4.69, 9.17) is 0 Å². The zero-order valence-corrected chi connectivity index (χ0v) is 14.5. The van der Waals surface area contributed by atoms with Gasteiger partial charge in [-0.2, -0.15) is 0 Å². The molecule has 0 amide bonds. The molecule has 0 saturated heterocycles. The second kappa shape index (κ2) is 5.20. The quantitative estimate of drug-likeness (QED) is 0.769. The summed E-state index contributed by atoms with van der Waals surface area (Å²) in [6, 6.07) is 9.49. The highest BCUT2D eigenvalue weighted by atomic mass is 79.9. The molecule has 1 aliphatic carbocycles. The van der Waals surface area contributed by atoms with E-state index in [-0.39, 0.29) is 16.6 Å². The van der Waals surface area contributed by atoms with Crippen LogP contribution in [0.3, 0.4) is 0 Å². The van der Waals surface area contributed by atoms with Crippen molar-refractivity contribution in [2.24, 2.45) is 5.41 Å². The number of rotatable bonds is 1. The first-order chi connectivity index (χ1) is 10.3. The van der Waals surface area contributed by atoms with Gasteiger partial charge in [0.2, 0.25) is 0 Å². The molecule has 1 aromatic heterocycles. The average Bonchev–Trinajstić information content (AvgIpc) is 2.38. The Morgan fingerprint density at radius 1 is 1.09 bits per heavy atom. The number of carbonyl (C=O) groups excluding carboxylic acids is 1. The van der Waals surface area contributed by atoms with Crippen LogP contribution in [-0.2, 0) is 6.42 Å². The number of hydrogen-bond donors (Lipinski definition) is 0. The smallest absolute Gasteiger partial charge is 0.192 e. The van der Waals surface area contributed by atoms with Crippen molar-refractivity contribution in [3.8, 4) is 5.69 Å². The first kappa shape index (κ1) is 15.2. The van der Waals surface area contributed by atoms with Gasteiger partial charge >= 0.3 is 0 Å². The van der Waals surface area contributed by atoms with Crippen LogP contribution in [0.1, 0.15) is 42.0 Å². The number of benzene rings is 1. The number of pyridine rings is 1. The van der Waals surface area contributed by atoms with Crippen molar-refractivity contribution in [1.82, 2.24) is 4.57 Å². The lowest BCUT2D eigenvalue weighted by Crippen LogP contribution is -2.35. The Morgan fingerprint density at radius 2 is 1.73 bits per heavy atom. The number of ketones is 1. The molecule has 0 spiro atoms. The highest BCUT2D eigenvalue weighted by Crippen LogP contribution is 2.35. The summed E-state index contributed by atoms with van der Waals surface area (Å²) in [6.45, 7) is 6.06. The van der Waals surface area contributed by atoms with Crippen molar-refractivity contribution >= 4 is 21.7 Å². The minimum absolute atomic E-state index is 0.0397. The van der Waals surface area contributed by atoms with Crippen LogP contribution in [0, 0.1) is 12.3 Å². The molecule has 0 unspecified atom stereocenters. The van der Waals surface area contributed by atoms with E-state index in [1.807, 2.05) is 35.8 Å². The number of nitrogens with zero attached hydrogens (tertiary/aromatic N) is 1. The molecule has 2 aromatic rings. The minimum atomic E-state index is -0.152. The van der Waals surface area contributed by atoms with E-state index in [2.05, 4.69) is 29.8 Å². The summed E-state index contributed by atoms with van der Waals surface area (Å²) in [4.78, 5) is 24.8. The van der Waals surface area contributed by atoms with Gasteiger partial charge in [-0.05, 0) is 43.0 Å². The van der Waals surface area contributed by atoms with Crippen LogP contribution in [0.15, 0.2) is 39.6 Å². The van der Waals surface area contributed by atoms with Gasteiger partial charge in [-0.1, -0.05) is 29.8 Å². The van der Waals surface area contributed by atoms with E-state index >= 15 is 0 Å². The van der Waals surface area contributed by atoms with Crippen LogP contribution in [0.25, 0.3) is 5.69 Å². The number of halogens is 1. The summed E-state index contributed by atoms with van der Waals surface area (Å²) in [5.74, 6) is -0.0397. The Labute approximate surface area is 138 Å². The number of fused-ring (bicyclic) bond motifs is 1. The van der Waals surface area contributed by atoms with E-state index in [1.54, 1.807) is 6.07 Å². The highest BCUT2D eigenvalue weighted by Gasteiger charge is 2.34. The zero-order chi connectivity index (χ0) is 16.1. The van der Waals surface area contributed by atoms with Crippen LogP contribution < -0.4 is 5.43 Å². The van der Waals surface area contributed by atoms with Gasteiger partial charge in [0.15, 0.2) is 11.2 Å². The van der Waals surface area contributed by atoms with Crippen LogP contribution >= 0.6 is 15.9 Å². The van der Waals surface area contributed by atoms with Gasteiger partial charge < -0.3 is 4.57 Å². The third kappa shape index (κ3) is 2.56. The fraction of sp³-hybridized carbons (Fsp3) is 0.333.